The predicted molar refractivity (Wildman–Crippen MR) is 84.9 cm³/mol. The molecule has 0 bridgehead atoms. The van der Waals surface area contributed by atoms with E-state index in [-0.39, 0.29) is 0 Å². The molecule has 19 heavy (non-hydrogen) atoms. The van der Waals surface area contributed by atoms with E-state index in [9.17, 15) is 0 Å². The third-order valence-electron chi connectivity index (χ3n) is 4.05. The van der Waals surface area contributed by atoms with Gasteiger partial charge < -0.3 is 5.32 Å². The topological polar surface area (TPSA) is 15.3 Å². The lowest BCUT2D eigenvalue weighted by atomic mass is 10.1. The highest BCUT2D eigenvalue weighted by atomic mass is 32.1. The Morgan fingerprint density at radius 2 is 2.21 bits per heavy atom. The van der Waals surface area contributed by atoms with Crippen molar-refractivity contribution >= 4 is 11.3 Å². The minimum atomic E-state index is 0.546. The fraction of sp³-hybridized carbons (Fsp3) is 0.750. The predicted octanol–water partition coefficient (Wildman–Crippen LogP) is 3.83. The smallest absolute Gasteiger partial charge is 0.0416 e. The summed E-state index contributed by atoms with van der Waals surface area (Å²) in [6, 6.07) is 3.49. The summed E-state index contributed by atoms with van der Waals surface area (Å²) in [4.78, 5) is 4.21. The normalized spacial score (nSPS) is 21.5. The Bertz CT molecular complexity index is 380. The van der Waals surface area contributed by atoms with Crippen LogP contribution in [0.1, 0.15) is 50.1 Å². The number of rotatable bonds is 6. The number of hydrogen-bond donors (Lipinski definition) is 1. The third kappa shape index (κ3) is 4.04. The van der Waals surface area contributed by atoms with Gasteiger partial charge in [-0.25, -0.2) is 0 Å². The van der Waals surface area contributed by atoms with Crippen LogP contribution < -0.4 is 5.32 Å². The van der Waals surface area contributed by atoms with Crippen LogP contribution in [0.15, 0.2) is 11.4 Å². The lowest BCUT2D eigenvalue weighted by Crippen LogP contribution is -2.40. The first kappa shape index (κ1) is 15.0. The fourth-order valence-electron chi connectivity index (χ4n) is 3.03. The van der Waals surface area contributed by atoms with Crippen LogP contribution >= 0.6 is 11.3 Å². The highest BCUT2D eigenvalue weighted by molar-refractivity contribution is 7.10. The van der Waals surface area contributed by atoms with Gasteiger partial charge in [-0.1, -0.05) is 13.8 Å². The summed E-state index contributed by atoms with van der Waals surface area (Å²) in [6.45, 7) is 12.8. The average Bonchev–Trinajstić information content (AvgIpc) is 2.98. The van der Waals surface area contributed by atoms with Gasteiger partial charge in [0.2, 0.25) is 0 Å². The van der Waals surface area contributed by atoms with Gasteiger partial charge in [0.05, 0.1) is 0 Å². The molecule has 0 radical (unpaired) electrons. The number of thiophene rings is 1. The van der Waals surface area contributed by atoms with E-state index in [4.69, 9.17) is 0 Å². The molecule has 2 nitrogen and oxygen atoms in total. The lowest BCUT2D eigenvalue weighted by molar-refractivity contribution is 0.173. The van der Waals surface area contributed by atoms with Crippen LogP contribution in [0, 0.1) is 12.8 Å². The zero-order valence-electron chi connectivity index (χ0n) is 12.8. The zero-order valence-corrected chi connectivity index (χ0v) is 13.6. The molecule has 0 aliphatic carbocycles. The second-order valence-electron chi connectivity index (χ2n) is 6.28. The van der Waals surface area contributed by atoms with Gasteiger partial charge >= 0.3 is 0 Å². The van der Waals surface area contributed by atoms with Crippen molar-refractivity contribution in [1.82, 2.24) is 10.2 Å². The van der Waals surface area contributed by atoms with E-state index in [1.54, 1.807) is 4.88 Å². The van der Waals surface area contributed by atoms with Gasteiger partial charge in [-0.05, 0) is 56.2 Å². The highest BCUT2D eigenvalue weighted by Crippen LogP contribution is 2.29. The Kier molecular flexibility index (Phi) is 5.43. The van der Waals surface area contributed by atoms with E-state index in [1.807, 2.05) is 11.3 Å². The van der Waals surface area contributed by atoms with Crippen molar-refractivity contribution in [2.24, 2.45) is 5.92 Å². The molecule has 1 saturated heterocycles. The van der Waals surface area contributed by atoms with Gasteiger partial charge in [0.15, 0.2) is 0 Å². The third-order valence-corrected chi connectivity index (χ3v) is 5.23. The molecule has 108 valence electrons. The van der Waals surface area contributed by atoms with Crippen LogP contribution in [0.4, 0.5) is 0 Å². The van der Waals surface area contributed by atoms with Crippen LogP contribution in [-0.2, 0) is 0 Å². The maximum Gasteiger partial charge on any atom is 0.0416 e. The quantitative estimate of drug-likeness (QED) is 0.852. The molecule has 0 saturated carbocycles. The molecular formula is C16H28N2S. The Morgan fingerprint density at radius 3 is 2.74 bits per heavy atom. The molecule has 1 fully saturated rings. The monoisotopic (exact) mass is 280 g/mol. The second kappa shape index (κ2) is 6.87. The summed E-state index contributed by atoms with van der Waals surface area (Å²) >= 11 is 1.91. The van der Waals surface area contributed by atoms with Gasteiger partial charge in [0.1, 0.15) is 0 Å². The Hall–Kier alpha value is -0.380. The largest absolute Gasteiger partial charge is 0.313 e. The lowest BCUT2D eigenvalue weighted by Gasteiger charge is -2.32. The Morgan fingerprint density at radius 1 is 1.42 bits per heavy atom. The van der Waals surface area contributed by atoms with Gasteiger partial charge in [0.25, 0.3) is 0 Å². The van der Waals surface area contributed by atoms with Gasteiger partial charge in [-0.3, -0.25) is 4.90 Å². The Labute approximate surface area is 122 Å². The molecule has 2 rings (SSSR count). The fourth-order valence-corrected chi connectivity index (χ4v) is 4.05. The number of nitrogens with zero attached hydrogens (tertiary/aromatic N) is 1. The van der Waals surface area contributed by atoms with Crippen molar-refractivity contribution in [3.8, 4) is 0 Å². The molecular weight excluding hydrogens is 252 g/mol. The maximum atomic E-state index is 3.64. The maximum absolute atomic E-state index is 3.64. The molecule has 1 aliphatic rings. The van der Waals surface area contributed by atoms with E-state index in [1.165, 1.54) is 38.0 Å². The van der Waals surface area contributed by atoms with Crippen LogP contribution in [-0.4, -0.2) is 30.6 Å². The van der Waals surface area contributed by atoms with E-state index >= 15 is 0 Å². The molecule has 1 aromatic rings. The summed E-state index contributed by atoms with van der Waals surface area (Å²) in [5.74, 6) is 0.726. The first-order chi connectivity index (χ1) is 9.08. The van der Waals surface area contributed by atoms with E-state index in [0.29, 0.717) is 12.1 Å². The van der Waals surface area contributed by atoms with Gasteiger partial charge in [0, 0.05) is 30.1 Å². The van der Waals surface area contributed by atoms with Crippen molar-refractivity contribution in [1.29, 1.82) is 0 Å². The standard InChI is InChI=1S/C16H28N2S/c1-12(2)10-18(11-15-6-5-8-17-15)14(4)16-13(3)7-9-19-16/h7,9,12,14-15,17H,5-6,8,10-11H2,1-4H3. The molecule has 0 aromatic carbocycles. The average molecular weight is 280 g/mol. The minimum absolute atomic E-state index is 0.546. The SMILES string of the molecule is Cc1ccsc1C(C)N(CC(C)C)CC1CCCN1. The molecule has 1 aliphatic heterocycles. The van der Waals surface area contributed by atoms with Crippen LogP contribution in [0.3, 0.4) is 0 Å². The summed E-state index contributed by atoms with van der Waals surface area (Å²) in [5.41, 5.74) is 1.45. The van der Waals surface area contributed by atoms with E-state index in [0.717, 1.165) is 5.92 Å². The summed E-state index contributed by atoms with van der Waals surface area (Å²) in [7, 11) is 0. The molecule has 3 heteroatoms. The van der Waals surface area contributed by atoms with Crippen molar-refractivity contribution in [2.45, 2.75) is 52.6 Å². The molecule has 2 unspecified atom stereocenters. The molecule has 1 aromatic heterocycles. The van der Waals surface area contributed by atoms with Crippen molar-refractivity contribution in [3.63, 3.8) is 0 Å². The number of nitrogens with one attached hydrogen (secondary N) is 1. The first-order valence-corrected chi connectivity index (χ1v) is 8.47. The Balaban J connectivity index is 2.05. The number of hydrogen-bond acceptors (Lipinski definition) is 3. The van der Waals surface area contributed by atoms with Crippen molar-refractivity contribution in [3.05, 3.63) is 21.9 Å². The highest BCUT2D eigenvalue weighted by Gasteiger charge is 2.24. The summed E-state index contributed by atoms with van der Waals surface area (Å²) < 4.78 is 0. The van der Waals surface area contributed by atoms with E-state index in [2.05, 4.69) is 49.4 Å². The van der Waals surface area contributed by atoms with Crippen LogP contribution in [0.2, 0.25) is 0 Å². The van der Waals surface area contributed by atoms with E-state index < -0.39 is 0 Å². The molecule has 1 N–H and O–H groups in total. The molecule has 2 heterocycles. The second-order valence-corrected chi connectivity index (χ2v) is 7.23. The summed E-state index contributed by atoms with van der Waals surface area (Å²) in [5, 5.41) is 5.86. The summed E-state index contributed by atoms with van der Waals surface area (Å²) in [6.07, 6.45) is 2.68. The molecule has 2 atom stereocenters. The minimum Gasteiger partial charge on any atom is -0.313 e. The number of aryl methyl sites for hydroxylation is 1. The van der Waals surface area contributed by atoms with Crippen molar-refractivity contribution in [2.75, 3.05) is 19.6 Å². The molecule has 0 amide bonds. The van der Waals surface area contributed by atoms with Crippen molar-refractivity contribution < 1.29 is 0 Å². The molecule has 0 spiro atoms. The van der Waals surface area contributed by atoms with Crippen LogP contribution in [0.5, 0.6) is 0 Å². The first-order valence-electron chi connectivity index (χ1n) is 7.59. The van der Waals surface area contributed by atoms with Gasteiger partial charge in [-0.15, -0.1) is 11.3 Å². The van der Waals surface area contributed by atoms with Gasteiger partial charge in [-0.2, -0.15) is 0 Å². The van der Waals surface area contributed by atoms with Crippen LogP contribution in [0.25, 0.3) is 0 Å². The zero-order chi connectivity index (χ0) is 13.8.